The van der Waals surface area contributed by atoms with Crippen LogP contribution in [0.1, 0.15) is 12.8 Å². The summed E-state index contributed by atoms with van der Waals surface area (Å²) >= 11 is 0. The van der Waals surface area contributed by atoms with E-state index in [0.717, 1.165) is 31.7 Å². The van der Waals surface area contributed by atoms with Gasteiger partial charge in [0.05, 0.1) is 4.92 Å². The van der Waals surface area contributed by atoms with Crippen LogP contribution in [0.2, 0.25) is 0 Å². The van der Waals surface area contributed by atoms with Crippen molar-refractivity contribution in [3.05, 3.63) is 22.2 Å². The largest absolute Gasteiger partial charge is 0.378 e. The van der Waals surface area contributed by atoms with Gasteiger partial charge in [-0.1, -0.05) is 0 Å². The molecule has 1 aliphatic heterocycles. The highest BCUT2D eigenvalue weighted by Crippen LogP contribution is 2.25. The first-order chi connectivity index (χ1) is 8.99. The van der Waals surface area contributed by atoms with Gasteiger partial charge in [-0.25, -0.2) is 4.98 Å². The maximum Gasteiger partial charge on any atom is 0.311 e. The molecule has 0 saturated carbocycles. The first-order valence-electron chi connectivity index (χ1n) is 6.31. The molecule has 1 aromatic rings. The first-order valence-corrected chi connectivity index (χ1v) is 6.31. The molecular formula is C12H19N5O2. The van der Waals surface area contributed by atoms with Crippen molar-refractivity contribution in [1.29, 1.82) is 0 Å². The first kappa shape index (κ1) is 13.5. The minimum atomic E-state index is -0.509. The van der Waals surface area contributed by atoms with Crippen molar-refractivity contribution in [2.24, 2.45) is 0 Å². The number of nitrogens with zero attached hydrogens (tertiary/aromatic N) is 4. The third-order valence-corrected chi connectivity index (χ3v) is 3.54. The van der Waals surface area contributed by atoms with Crippen molar-refractivity contribution in [2.45, 2.75) is 18.9 Å². The molecule has 1 unspecified atom stereocenters. The average molecular weight is 265 g/mol. The van der Waals surface area contributed by atoms with E-state index in [1.807, 2.05) is 0 Å². The lowest BCUT2D eigenvalue weighted by Gasteiger charge is -2.36. The number of likely N-dealkylation sites (N-methyl/N-ethyl adjacent to an activating group) is 1. The Kier molecular flexibility index (Phi) is 3.84. The molecule has 0 aromatic carbocycles. The van der Waals surface area contributed by atoms with Crippen molar-refractivity contribution in [2.75, 3.05) is 37.8 Å². The molecule has 0 amide bonds. The van der Waals surface area contributed by atoms with E-state index in [1.165, 1.54) is 6.07 Å². The monoisotopic (exact) mass is 265 g/mol. The number of nitrogens with two attached hydrogens (primary N) is 1. The van der Waals surface area contributed by atoms with Crippen LogP contribution < -0.4 is 10.6 Å². The van der Waals surface area contributed by atoms with Gasteiger partial charge in [-0.2, -0.15) is 0 Å². The Morgan fingerprint density at radius 1 is 1.53 bits per heavy atom. The Hall–Kier alpha value is -1.89. The lowest BCUT2D eigenvalue weighted by Crippen LogP contribution is -2.45. The molecule has 2 N–H and O–H groups in total. The van der Waals surface area contributed by atoms with Crippen LogP contribution in [0.5, 0.6) is 0 Å². The number of hydrogen-bond acceptors (Lipinski definition) is 6. The molecule has 0 bridgehead atoms. The van der Waals surface area contributed by atoms with Crippen LogP contribution in [-0.2, 0) is 0 Å². The van der Waals surface area contributed by atoms with E-state index in [4.69, 9.17) is 5.73 Å². The summed E-state index contributed by atoms with van der Waals surface area (Å²) < 4.78 is 0. The molecule has 0 radical (unpaired) electrons. The molecular weight excluding hydrogens is 246 g/mol. The predicted molar refractivity (Wildman–Crippen MR) is 74.2 cm³/mol. The lowest BCUT2D eigenvalue weighted by molar-refractivity contribution is -0.384. The number of anilines is 2. The van der Waals surface area contributed by atoms with Crippen molar-refractivity contribution in [3.63, 3.8) is 0 Å². The molecule has 2 heterocycles. The van der Waals surface area contributed by atoms with E-state index in [1.54, 1.807) is 6.07 Å². The Labute approximate surface area is 112 Å². The molecule has 2 rings (SSSR count). The van der Waals surface area contributed by atoms with Gasteiger partial charge in [-0.15, -0.1) is 0 Å². The Bertz CT molecular complexity index is 477. The predicted octanol–water partition coefficient (Wildman–Crippen LogP) is 1.10. The van der Waals surface area contributed by atoms with E-state index >= 15 is 0 Å². The second kappa shape index (κ2) is 5.40. The van der Waals surface area contributed by atoms with E-state index in [-0.39, 0.29) is 11.5 Å². The summed E-state index contributed by atoms with van der Waals surface area (Å²) in [5.41, 5.74) is 5.50. The Morgan fingerprint density at radius 2 is 2.26 bits per heavy atom. The quantitative estimate of drug-likeness (QED) is 0.650. The molecule has 104 valence electrons. The smallest absolute Gasteiger partial charge is 0.311 e. The molecule has 1 aliphatic rings. The van der Waals surface area contributed by atoms with E-state index in [9.17, 15) is 10.1 Å². The van der Waals surface area contributed by atoms with Crippen molar-refractivity contribution in [3.8, 4) is 0 Å². The maximum atomic E-state index is 10.7. The highest BCUT2D eigenvalue weighted by Gasteiger charge is 2.23. The molecule has 0 aliphatic carbocycles. The zero-order valence-corrected chi connectivity index (χ0v) is 11.2. The SMILES string of the molecule is CN(C)C1CCCN(c2ccc([N+](=O)[O-])c(N)n2)C1. The zero-order valence-electron chi connectivity index (χ0n) is 11.2. The number of nitro groups is 1. The summed E-state index contributed by atoms with van der Waals surface area (Å²) in [5, 5.41) is 10.7. The van der Waals surface area contributed by atoms with Crippen molar-refractivity contribution < 1.29 is 4.92 Å². The molecule has 19 heavy (non-hydrogen) atoms. The molecule has 1 aromatic heterocycles. The van der Waals surface area contributed by atoms with Gasteiger partial charge >= 0.3 is 5.69 Å². The third-order valence-electron chi connectivity index (χ3n) is 3.54. The molecule has 7 nitrogen and oxygen atoms in total. The summed E-state index contributed by atoms with van der Waals surface area (Å²) in [6, 6.07) is 3.58. The van der Waals surface area contributed by atoms with E-state index in [0.29, 0.717) is 6.04 Å². The van der Waals surface area contributed by atoms with Crippen LogP contribution >= 0.6 is 0 Å². The van der Waals surface area contributed by atoms with Crippen LogP contribution in [0, 0.1) is 10.1 Å². The van der Waals surface area contributed by atoms with Crippen LogP contribution in [0.15, 0.2) is 12.1 Å². The fourth-order valence-electron chi connectivity index (χ4n) is 2.37. The summed E-state index contributed by atoms with van der Waals surface area (Å²) in [7, 11) is 4.12. The van der Waals surface area contributed by atoms with Gasteiger partial charge in [0.2, 0.25) is 5.82 Å². The minimum absolute atomic E-state index is 0.0190. The zero-order chi connectivity index (χ0) is 14.0. The van der Waals surface area contributed by atoms with Crippen molar-refractivity contribution in [1.82, 2.24) is 9.88 Å². The second-order valence-corrected chi connectivity index (χ2v) is 5.04. The Morgan fingerprint density at radius 3 is 2.84 bits per heavy atom. The standard InChI is InChI=1S/C12H19N5O2/c1-15(2)9-4-3-7-16(8-9)11-6-5-10(17(18)19)12(13)14-11/h5-6,9H,3-4,7-8H2,1-2H3,(H2,13,14). The van der Waals surface area contributed by atoms with Crippen LogP contribution in [0.25, 0.3) is 0 Å². The highest BCUT2D eigenvalue weighted by atomic mass is 16.6. The van der Waals surface area contributed by atoms with Gasteiger partial charge in [0.1, 0.15) is 5.82 Å². The third kappa shape index (κ3) is 2.93. The van der Waals surface area contributed by atoms with Gasteiger partial charge in [0.15, 0.2) is 0 Å². The van der Waals surface area contributed by atoms with Crippen LogP contribution in [-0.4, -0.2) is 48.0 Å². The van der Waals surface area contributed by atoms with E-state index in [2.05, 4.69) is 28.9 Å². The highest BCUT2D eigenvalue weighted by molar-refractivity contribution is 5.58. The summed E-state index contributed by atoms with van der Waals surface area (Å²) in [6.45, 7) is 1.78. The summed E-state index contributed by atoms with van der Waals surface area (Å²) in [4.78, 5) is 18.7. The number of nitrogen functional groups attached to an aromatic ring is 1. The topological polar surface area (TPSA) is 88.5 Å². The number of rotatable bonds is 3. The van der Waals surface area contributed by atoms with Gasteiger partial charge in [0, 0.05) is 25.2 Å². The normalized spacial score (nSPS) is 19.7. The van der Waals surface area contributed by atoms with Gasteiger partial charge in [-0.3, -0.25) is 10.1 Å². The number of aromatic nitrogens is 1. The molecule has 1 atom stereocenters. The van der Waals surface area contributed by atoms with Gasteiger partial charge < -0.3 is 15.5 Å². The average Bonchev–Trinajstić information content (AvgIpc) is 2.38. The molecule has 1 fully saturated rings. The Balaban J connectivity index is 2.18. The van der Waals surface area contributed by atoms with E-state index < -0.39 is 4.92 Å². The molecule has 7 heteroatoms. The minimum Gasteiger partial charge on any atom is -0.378 e. The number of hydrogen-bond donors (Lipinski definition) is 1. The van der Waals surface area contributed by atoms with Crippen LogP contribution in [0.3, 0.4) is 0 Å². The molecule has 0 spiro atoms. The van der Waals surface area contributed by atoms with Crippen molar-refractivity contribution >= 4 is 17.3 Å². The number of pyridine rings is 1. The van der Waals surface area contributed by atoms with Gasteiger partial charge in [0.25, 0.3) is 0 Å². The lowest BCUT2D eigenvalue weighted by atomic mass is 10.1. The van der Waals surface area contributed by atoms with Crippen LogP contribution in [0.4, 0.5) is 17.3 Å². The molecule has 1 saturated heterocycles. The second-order valence-electron chi connectivity index (χ2n) is 5.04. The summed E-state index contributed by atoms with van der Waals surface area (Å²) in [6.07, 6.45) is 2.24. The van der Waals surface area contributed by atoms with Gasteiger partial charge in [-0.05, 0) is 33.0 Å². The summed E-state index contributed by atoms with van der Waals surface area (Å²) in [5.74, 6) is 0.698. The fraction of sp³-hybridized carbons (Fsp3) is 0.583. The number of piperidine rings is 1. The fourth-order valence-corrected chi connectivity index (χ4v) is 2.37. The maximum absolute atomic E-state index is 10.7.